The quantitative estimate of drug-likeness (QED) is 0.902. The fourth-order valence-corrected chi connectivity index (χ4v) is 4.41. The zero-order chi connectivity index (χ0) is 17.2. The molecule has 1 aliphatic heterocycles. The molecule has 0 radical (unpaired) electrons. The smallest absolute Gasteiger partial charge is 0.229 e. The van der Waals surface area contributed by atoms with Gasteiger partial charge >= 0.3 is 0 Å². The first kappa shape index (κ1) is 16.2. The van der Waals surface area contributed by atoms with Gasteiger partial charge < -0.3 is 10.2 Å². The van der Waals surface area contributed by atoms with Gasteiger partial charge in [-0.25, -0.2) is 13.4 Å². The number of nitriles is 1. The molecule has 0 spiro atoms. The highest BCUT2D eigenvalue weighted by molar-refractivity contribution is 7.91. The zero-order valence-corrected chi connectivity index (χ0v) is 14.0. The number of hydrogen-bond acceptors (Lipinski definition) is 7. The van der Waals surface area contributed by atoms with Gasteiger partial charge in [-0.05, 0) is 36.8 Å². The van der Waals surface area contributed by atoms with Crippen LogP contribution in [0.15, 0.2) is 36.5 Å². The molecule has 2 heterocycles. The zero-order valence-electron chi connectivity index (χ0n) is 13.2. The summed E-state index contributed by atoms with van der Waals surface area (Å²) in [5.41, 5.74) is 1.36. The summed E-state index contributed by atoms with van der Waals surface area (Å²) in [5.74, 6) is 1.48. The second-order valence-electron chi connectivity index (χ2n) is 5.72. The lowest BCUT2D eigenvalue weighted by Crippen LogP contribution is -2.33. The van der Waals surface area contributed by atoms with Crippen molar-refractivity contribution in [3.63, 3.8) is 0 Å². The van der Waals surface area contributed by atoms with Gasteiger partial charge in [0.25, 0.3) is 0 Å². The van der Waals surface area contributed by atoms with E-state index in [4.69, 9.17) is 5.26 Å². The summed E-state index contributed by atoms with van der Waals surface area (Å²) in [6.45, 7) is 0. The van der Waals surface area contributed by atoms with Gasteiger partial charge in [0.1, 0.15) is 5.82 Å². The van der Waals surface area contributed by atoms with Crippen LogP contribution in [0.25, 0.3) is 0 Å². The highest BCUT2D eigenvalue weighted by Crippen LogP contribution is 2.22. The van der Waals surface area contributed by atoms with Crippen molar-refractivity contribution < 1.29 is 8.42 Å². The molecule has 1 N–H and O–H groups in total. The molecule has 0 amide bonds. The van der Waals surface area contributed by atoms with Crippen LogP contribution in [-0.4, -0.2) is 43.0 Å². The van der Waals surface area contributed by atoms with Gasteiger partial charge in [-0.3, -0.25) is 0 Å². The Morgan fingerprint density at radius 2 is 2.04 bits per heavy atom. The number of nitrogens with one attached hydrogen (secondary N) is 1. The second-order valence-corrected chi connectivity index (χ2v) is 7.95. The van der Waals surface area contributed by atoms with Crippen LogP contribution < -0.4 is 10.2 Å². The first-order valence-electron chi connectivity index (χ1n) is 7.50. The molecule has 2 aromatic rings. The minimum atomic E-state index is -2.94. The van der Waals surface area contributed by atoms with Crippen LogP contribution in [0.1, 0.15) is 12.0 Å². The van der Waals surface area contributed by atoms with E-state index in [1.165, 1.54) is 0 Å². The third kappa shape index (κ3) is 3.63. The Morgan fingerprint density at radius 1 is 1.29 bits per heavy atom. The summed E-state index contributed by atoms with van der Waals surface area (Å²) in [6, 6.07) is 10.7. The van der Waals surface area contributed by atoms with E-state index in [-0.39, 0.29) is 17.5 Å². The van der Waals surface area contributed by atoms with E-state index in [2.05, 4.69) is 21.4 Å². The van der Waals surface area contributed by atoms with Crippen LogP contribution in [0.2, 0.25) is 0 Å². The first-order chi connectivity index (χ1) is 11.5. The van der Waals surface area contributed by atoms with Crippen LogP contribution in [0.4, 0.5) is 17.5 Å². The number of anilines is 3. The van der Waals surface area contributed by atoms with E-state index < -0.39 is 9.84 Å². The van der Waals surface area contributed by atoms with Crippen LogP contribution >= 0.6 is 0 Å². The molecular weight excluding hydrogens is 326 g/mol. The summed E-state index contributed by atoms with van der Waals surface area (Å²) in [4.78, 5) is 10.5. The molecule has 124 valence electrons. The van der Waals surface area contributed by atoms with Crippen molar-refractivity contribution >= 4 is 27.3 Å². The maximum atomic E-state index is 11.6. The maximum absolute atomic E-state index is 11.6. The number of sulfone groups is 1. The Labute approximate surface area is 140 Å². The molecule has 1 fully saturated rings. The van der Waals surface area contributed by atoms with Crippen molar-refractivity contribution in [3.8, 4) is 6.07 Å². The Bertz CT molecular complexity index is 874. The summed E-state index contributed by atoms with van der Waals surface area (Å²) in [5, 5.41) is 11.9. The third-order valence-electron chi connectivity index (χ3n) is 4.03. The van der Waals surface area contributed by atoms with Gasteiger partial charge in [-0.15, -0.1) is 0 Å². The molecule has 0 aliphatic carbocycles. The normalized spacial score (nSPS) is 18.8. The molecule has 1 aromatic carbocycles. The van der Waals surface area contributed by atoms with Crippen LogP contribution in [0.5, 0.6) is 0 Å². The lowest BCUT2D eigenvalue weighted by Gasteiger charge is -2.24. The molecule has 8 heteroatoms. The van der Waals surface area contributed by atoms with Crippen LogP contribution in [-0.2, 0) is 9.84 Å². The summed E-state index contributed by atoms with van der Waals surface area (Å²) >= 11 is 0. The molecule has 3 rings (SSSR count). The van der Waals surface area contributed by atoms with E-state index in [1.807, 2.05) is 11.9 Å². The van der Waals surface area contributed by atoms with Gasteiger partial charge in [-0.1, -0.05) is 0 Å². The standard InChI is InChI=1S/C16H17N5O2S/c1-21(14-7-9-24(22,23)11-14)15-6-8-18-16(20-15)19-13-4-2-12(10-17)3-5-13/h2-6,8,14H,7,9,11H2,1H3,(H,18,19,20). The van der Waals surface area contributed by atoms with E-state index in [1.54, 1.807) is 36.5 Å². The first-order valence-corrected chi connectivity index (χ1v) is 9.32. The Morgan fingerprint density at radius 3 is 2.67 bits per heavy atom. The van der Waals surface area contributed by atoms with Gasteiger partial charge in [0.2, 0.25) is 5.95 Å². The van der Waals surface area contributed by atoms with Crippen molar-refractivity contribution in [2.45, 2.75) is 12.5 Å². The number of nitrogens with zero attached hydrogens (tertiary/aromatic N) is 4. The number of rotatable bonds is 4. The minimum absolute atomic E-state index is 0.0623. The maximum Gasteiger partial charge on any atom is 0.229 e. The van der Waals surface area contributed by atoms with Crippen molar-refractivity contribution in [2.24, 2.45) is 0 Å². The second kappa shape index (κ2) is 6.45. The van der Waals surface area contributed by atoms with Crippen molar-refractivity contribution in [3.05, 3.63) is 42.1 Å². The average Bonchev–Trinajstić information content (AvgIpc) is 2.95. The van der Waals surface area contributed by atoms with Gasteiger partial charge in [0.15, 0.2) is 9.84 Å². The van der Waals surface area contributed by atoms with Crippen LogP contribution in [0.3, 0.4) is 0 Å². The van der Waals surface area contributed by atoms with Crippen molar-refractivity contribution in [1.29, 1.82) is 5.26 Å². The topological polar surface area (TPSA) is 99.0 Å². The summed E-state index contributed by atoms with van der Waals surface area (Å²) in [6.07, 6.45) is 2.25. The molecule has 0 saturated carbocycles. The fourth-order valence-electron chi connectivity index (χ4n) is 2.63. The molecule has 1 aliphatic rings. The Hall–Kier alpha value is -2.66. The van der Waals surface area contributed by atoms with Gasteiger partial charge in [0, 0.05) is 25.0 Å². The molecule has 1 atom stereocenters. The van der Waals surface area contributed by atoms with E-state index in [0.29, 0.717) is 23.8 Å². The lowest BCUT2D eigenvalue weighted by atomic mass is 10.2. The molecule has 1 aromatic heterocycles. The van der Waals surface area contributed by atoms with E-state index in [9.17, 15) is 8.42 Å². The largest absolute Gasteiger partial charge is 0.355 e. The van der Waals surface area contributed by atoms with Crippen LogP contribution in [0, 0.1) is 11.3 Å². The molecule has 0 bridgehead atoms. The average molecular weight is 343 g/mol. The highest BCUT2D eigenvalue weighted by atomic mass is 32.2. The van der Waals surface area contributed by atoms with Crippen molar-refractivity contribution in [2.75, 3.05) is 28.8 Å². The Kier molecular flexibility index (Phi) is 4.36. The van der Waals surface area contributed by atoms with Gasteiger partial charge in [0.05, 0.1) is 23.1 Å². The van der Waals surface area contributed by atoms with E-state index in [0.717, 1.165) is 5.69 Å². The van der Waals surface area contributed by atoms with Gasteiger partial charge in [-0.2, -0.15) is 10.2 Å². The monoisotopic (exact) mass is 343 g/mol. The molecule has 1 saturated heterocycles. The fraction of sp³-hybridized carbons (Fsp3) is 0.312. The minimum Gasteiger partial charge on any atom is -0.355 e. The predicted octanol–water partition coefficient (Wildman–Crippen LogP) is 1.72. The summed E-state index contributed by atoms with van der Waals surface area (Å²) in [7, 11) is -1.09. The van der Waals surface area contributed by atoms with Crippen molar-refractivity contribution in [1.82, 2.24) is 9.97 Å². The lowest BCUT2D eigenvalue weighted by molar-refractivity contribution is 0.600. The predicted molar refractivity (Wildman–Crippen MR) is 91.9 cm³/mol. The molecule has 7 nitrogen and oxygen atoms in total. The highest BCUT2D eigenvalue weighted by Gasteiger charge is 2.31. The molecular formula is C16H17N5O2S. The molecule has 1 unspecified atom stereocenters. The summed E-state index contributed by atoms with van der Waals surface area (Å²) < 4.78 is 23.3. The SMILES string of the molecule is CN(c1ccnc(Nc2ccc(C#N)cc2)n1)C1CCS(=O)(=O)C1. The third-order valence-corrected chi connectivity index (χ3v) is 5.78. The Balaban J connectivity index is 1.75. The number of hydrogen-bond donors (Lipinski definition) is 1. The van der Waals surface area contributed by atoms with E-state index >= 15 is 0 Å². The number of benzene rings is 1. The number of aromatic nitrogens is 2. The molecule has 24 heavy (non-hydrogen) atoms.